The highest BCUT2D eigenvalue weighted by molar-refractivity contribution is 9.10. The van der Waals surface area contributed by atoms with Crippen LogP contribution in [0.4, 0.5) is 11.4 Å². The van der Waals surface area contributed by atoms with Crippen molar-refractivity contribution in [2.75, 3.05) is 29.9 Å². The monoisotopic (exact) mass is 338 g/mol. The summed E-state index contributed by atoms with van der Waals surface area (Å²) in [7, 11) is 0. The molecule has 1 fully saturated rings. The second kappa shape index (κ2) is 5.18. The first-order valence-electron chi connectivity index (χ1n) is 6.65. The van der Waals surface area contributed by atoms with Crippen LogP contribution < -0.4 is 10.2 Å². The van der Waals surface area contributed by atoms with E-state index in [1.54, 1.807) is 6.07 Å². The van der Waals surface area contributed by atoms with E-state index in [0.29, 0.717) is 11.3 Å². The molecule has 2 heterocycles. The van der Waals surface area contributed by atoms with Gasteiger partial charge in [-0.2, -0.15) is 0 Å². The van der Waals surface area contributed by atoms with E-state index < -0.39 is 11.7 Å². The molecule has 1 aromatic rings. The fourth-order valence-corrected chi connectivity index (χ4v) is 3.42. The van der Waals surface area contributed by atoms with Gasteiger partial charge in [-0.25, -0.2) is 0 Å². The zero-order valence-corrected chi connectivity index (χ0v) is 12.4. The maximum atomic E-state index is 11.7. The SMILES string of the molecule is O=C1Nc2cc(N3CCCC(CO)C3)c(Br)cc2C1=O. The molecule has 0 radical (unpaired) electrons. The highest BCUT2D eigenvalue weighted by Gasteiger charge is 2.30. The number of halogens is 1. The average Bonchev–Trinajstić information content (AvgIpc) is 2.73. The van der Waals surface area contributed by atoms with E-state index >= 15 is 0 Å². The predicted molar refractivity (Wildman–Crippen MR) is 79.1 cm³/mol. The Hall–Kier alpha value is -1.40. The van der Waals surface area contributed by atoms with Crippen molar-refractivity contribution in [2.24, 2.45) is 5.92 Å². The Labute approximate surface area is 125 Å². The molecule has 0 aliphatic carbocycles. The molecule has 106 valence electrons. The molecule has 1 unspecified atom stereocenters. The van der Waals surface area contributed by atoms with Gasteiger partial charge in [0.25, 0.3) is 11.7 Å². The van der Waals surface area contributed by atoms with E-state index in [0.717, 1.165) is 36.1 Å². The molecule has 2 aliphatic heterocycles. The van der Waals surface area contributed by atoms with Gasteiger partial charge < -0.3 is 15.3 Å². The fraction of sp³-hybridized carbons (Fsp3) is 0.429. The van der Waals surface area contributed by atoms with Gasteiger partial charge in [0.2, 0.25) is 0 Å². The first kappa shape index (κ1) is 13.6. The van der Waals surface area contributed by atoms with E-state index in [1.165, 1.54) is 0 Å². The number of nitrogens with one attached hydrogen (secondary N) is 1. The van der Waals surface area contributed by atoms with E-state index in [9.17, 15) is 14.7 Å². The number of amides is 1. The van der Waals surface area contributed by atoms with Crippen LogP contribution in [0.15, 0.2) is 16.6 Å². The smallest absolute Gasteiger partial charge is 0.296 e. The van der Waals surface area contributed by atoms with E-state index in [4.69, 9.17) is 0 Å². The van der Waals surface area contributed by atoms with Crippen LogP contribution in [0.1, 0.15) is 23.2 Å². The van der Waals surface area contributed by atoms with Crippen molar-refractivity contribution < 1.29 is 14.7 Å². The maximum Gasteiger partial charge on any atom is 0.296 e. The first-order chi connectivity index (χ1) is 9.60. The molecule has 0 saturated carbocycles. The van der Waals surface area contributed by atoms with Gasteiger partial charge in [-0.3, -0.25) is 9.59 Å². The Kier molecular flexibility index (Phi) is 3.52. The van der Waals surface area contributed by atoms with Gasteiger partial charge in [-0.1, -0.05) is 0 Å². The van der Waals surface area contributed by atoms with E-state index in [1.807, 2.05) is 6.07 Å². The number of benzene rings is 1. The predicted octanol–water partition coefficient (Wildman–Crippen LogP) is 1.79. The highest BCUT2D eigenvalue weighted by atomic mass is 79.9. The van der Waals surface area contributed by atoms with Gasteiger partial charge in [0.05, 0.1) is 16.9 Å². The number of Topliss-reactive ketones (excluding diaryl/α,β-unsaturated/α-hetero) is 1. The van der Waals surface area contributed by atoms with Gasteiger partial charge >= 0.3 is 0 Å². The lowest BCUT2D eigenvalue weighted by atomic mass is 9.98. The Balaban J connectivity index is 1.93. The lowest BCUT2D eigenvalue weighted by Gasteiger charge is -2.34. The third-order valence-electron chi connectivity index (χ3n) is 3.90. The second-order valence-corrected chi connectivity index (χ2v) is 6.12. The average molecular weight is 339 g/mol. The molecule has 1 atom stereocenters. The summed E-state index contributed by atoms with van der Waals surface area (Å²) in [5, 5.41) is 11.9. The van der Waals surface area contributed by atoms with Crippen molar-refractivity contribution in [3.05, 3.63) is 22.2 Å². The molecule has 1 saturated heterocycles. The summed E-state index contributed by atoms with van der Waals surface area (Å²) in [6, 6.07) is 3.54. The number of ketones is 1. The third kappa shape index (κ3) is 2.23. The number of hydrogen-bond acceptors (Lipinski definition) is 4. The molecule has 2 N–H and O–H groups in total. The minimum absolute atomic E-state index is 0.189. The van der Waals surface area contributed by atoms with E-state index in [2.05, 4.69) is 26.1 Å². The normalized spacial score (nSPS) is 21.9. The van der Waals surface area contributed by atoms with Gasteiger partial charge in [0.15, 0.2) is 0 Å². The van der Waals surface area contributed by atoms with Crippen molar-refractivity contribution in [1.82, 2.24) is 0 Å². The van der Waals surface area contributed by atoms with Gasteiger partial charge in [0.1, 0.15) is 0 Å². The van der Waals surface area contributed by atoms with Crippen molar-refractivity contribution in [1.29, 1.82) is 0 Å². The second-order valence-electron chi connectivity index (χ2n) is 5.27. The minimum atomic E-state index is -0.573. The zero-order chi connectivity index (χ0) is 14.3. The Morgan fingerprint density at radius 3 is 2.95 bits per heavy atom. The van der Waals surface area contributed by atoms with Crippen molar-refractivity contribution >= 4 is 39.0 Å². The van der Waals surface area contributed by atoms with Crippen LogP contribution in [0.3, 0.4) is 0 Å². The molecule has 0 spiro atoms. The summed E-state index contributed by atoms with van der Waals surface area (Å²) in [5.74, 6) is -0.782. The standard InChI is InChI=1S/C14H15BrN2O3/c15-10-4-9-11(16-14(20)13(9)19)5-12(10)17-3-1-2-8(6-17)7-18/h4-5,8,18H,1-3,6-7H2,(H,16,19,20). The van der Waals surface area contributed by atoms with E-state index in [-0.39, 0.29) is 12.5 Å². The summed E-state index contributed by atoms with van der Waals surface area (Å²) in [5.41, 5.74) is 1.95. The van der Waals surface area contributed by atoms with Crippen LogP contribution in [-0.4, -0.2) is 36.5 Å². The summed E-state index contributed by atoms with van der Waals surface area (Å²) in [4.78, 5) is 25.2. The fourth-order valence-electron chi connectivity index (χ4n) is 2.83. The summed E-state index contributed by atoms with van der Waals surface area (Å²) < 4.78 is 0.805. The molecular formula is C14H15BrN2O3. The van der Waals surface area contributed by atoms with Crippen LogP contribution in [0.2, 0.25) is 0 Å². The molecule has 5 nitrogen and oxygen atoms in total. The third-order valence-corrected chi connectivity index (χ3v) is 4.54. The molecule has 1 amide bonds. The molecular weight excluding hydrogens is 324 g/mol. The lowest BCUT2D eigenvalue weighted by Crippen LogP contribution is -2.37. The van der Waals surface area contributed by atoms with Gasteiger partial charge in [-0.15, -0.1) is 0 Å². The number of aliphatic hydroxyl groups excluding tert-OH is 1. The number of fused-ring (bicyclic) bond motifs is 1. The number of carbonyl (C=O) groups excluding carboxylic acids is 2. The topological polar surface area (TPSA) is 69.6 Å². The molecule has 20 heavy (non-hydrogen) atoms. The lowest BCUT2D eigenvalue weighted by molar-refractivity contribution is -0.112. The molecule has 2 aliphatic rings. The van der Waals surface area contributed by atoms with Crippen molar-refractivity contribution in [3.63, 3.8) is 0 Å². The molecule has 6 heteroatoms. The molecule has 0 bridgehead atoms. The largest absolute Gasteiger partial charge is 0.396 e. The van der Waals surface area contributed by atoms with Crippen LogP contribution in [0.5, 0.6) is 0 Å². The van der Waals surface area contributed by atoms with Crippen LogP contribution in [0, 0.1) is 5.92 Å². The minimum Gasteiger partial charge on any atom is -0.396 e. The Morgan fingerprint density at radius 1 is 1.40 bits per heavy atom. The van der Waals surface area contributed by atoms with Gasteiger partial charge in [-0.05, 0) is 46.8 Å². The number of carbonyl (C=O) groups is 2. The van der Waals surface area contributed by atoms with Crippen LogP contribution in [-0.2, 0) is 4.79 Å². The van der Waals surface area contributed by atoms with Crippen LogP contribution >= 0.6 is 15.9 Å². The summed E-state index contributed by atoms with van der Waals surface area (Å²) in [6.45, 7) is 1.89. The summed E-state index contributed by atoms with van der Waals surface area (Å²) >= 11 is 3.48. The highest BCUT2D eigenvalue weighted by Crippen LogP contribution is 2.36. The summed E-state index contributed by atoms with van der Waals surface area (Å²) in [6.07, 6.45) is 2.06. The number of aliphatic hydroxyl groups is 1. The Morgan fingerprint density at radius 2 is 2.20 bits per heavy atom. The van der Waals surface area contributed by atoms with Crippen molar-refractivity contribution in [2.45, 2.75) is 12.8 Å². The number of hydrogen-bond donors (Lipinski definition) is 2. The van der Waals surface area contributed by atoms with Crippen molar-refractivity contribution in [3.8, 4) is 0 Å². The zero-order valence-electron chi connectivity index (χ0n) is 10.9. The quantitative estimate of drug-likeness (QED) is 0.806. The van der Waals surface area contributed by atoms with Crippen LogP contribution in [0.25, 0.3) is 0 Å². The molecule has 3 rings (SSSR count). The molecule has 0 aromatic heterocycles. The molecule has 1 aromatic carbocycles. The number of nitrogens with zero attached hydrogens (tertiary/aromatic N) is 1. The first-order valence-corrected chi connectivity index (χ1v) is 7.44. The number of anilines is 2. The van der Waals surface area contributed by atoms with Gasteiger partial charge in [0, 0.05) is 24.2 Å². The maximum absolute atomic E-state index is 11.7. The number of piperidine rings is 1. The Bertz CT molecular complexity index is 588. The number of rotatable bonds is 2.